The Labute approximate surface area is 131 Å². The van der Waals surface area contributed by atoms with Crippen LogP contribution in [0.3, 0.4) is 0 Å². The molecule has 0 aliphatic rings. The average Bonchev–Trinajstić information content (AvgIpc) is 2.26. The van der Waals surface area contributed by atoms with E-state index in [-0.39, 0.29) is 16.8 Å². The zero-order valence-corrected chi connectivity index (χ0v) is 15.1. The summed E-state index contributed by atoms with van der Waals surface area (Å²) >= 11 is 3.27. The lowest BCUT2D eigenvalue weighted by Gasteiger charge is -2.34. The number of nitrogens with one attached hydrogen (secondary N) is 1. The van der Waals surface area contributed by atoms with Crippen molar-refractivity contribution in [1.82, 2.24) is 5.32 Å². The van der Waals surface area contributed by atoms with Crippen molar-refractivity contribution in [3.63, 3.8) is 0 Å². The van der Waals surface area contributed by atoms with Crippen molar-refractivity contribution in [2.24, 2.45) is 11.3 Å². The second-order valence-corrected chi connectivity index (χ2v) is 8.50. The molecule has 1 atom stereocenters. The fourth-order valence-electron chi connectivity index (χ4n) is 2.07. The summed E-state index contributed by atoms with van der Waals surface area (Å²) in [6.45, 7) is 14.3. The molecular formula is C17H27BrFN. The van der Waals surface area contributed by atoms with Crippen LogP contribution in [0, 0.1) is 17.2 Å². The van der Waals surface area contributed by atoms with Crippen LogP contribution in [-0.4, -0.2) is 12.1 Å². The van der Waals surface area contributed by atoms with Gasteiger partial charge in [0.2, 0.25) is 0 Å². The fraction of sp³-hybridized carbons (Fsp3) is 0.647. The summed E-state index contributed by atoms with van der Waals surface area (Å²) in [6.07, 6.45) is 0.950. The first-order chi connectivity index (χ1) is 8.99. The van der Waals surface area contributed by atoms with Gasteiger partial charge in [-0.25, -0.2) is 4.39 Å². The topological polar surface area (TPSA) is 12.0 Å². The molecule has 0 amide bonds. The Balaban J connectivity index is 2.82. The first-order valence-electron chi connectivity index (χ1n) is 7.18. The SMILES string of the molecule is CC(C)(C)NCC(Cc1ccc(F)c(Br)c1)C(C)(C)C. The summed E-state index contributed by atoms with van der Waals surface area (Å²) in [7, 11) is 0. The van der Waals surface area contributed by atoms with Gasteiger partial charge in [0.05, 0.1) is 4.47 Å². The molecule has 0 saturated heterocycles. The first-order valence-corrected chi connectivity index (χ1v) is 7.97. The number of hydrogen-bond acceptors (Lipinski definition) is 1. The van der Waals surface area contributed by atoms with E-state index in [1.165, 1.54) is 11.6 Å². The van der Waals surface area contributed by atoms with E-state index in [1.54, 1.807) is 0 Å². The monoisotopic (exact) mass is 343 g/mol. The van der Waals surface area contributed by atoms with E-state index in [0.29, 0.717) is 10.4 Å². The van der Waals surface area contributed by atoms with E-state index >= 15 is 0 Å². The highest BCUT2D eigenvalue weighted by Crippen LogP contribution is 2.30. The second kappa shape index (κ2) is 6.57. The number of rotatable bonds is 4. The van der Waals surface area contributed by atoms with Crippen molar-refractivity contribution in [1.29, 1.82) is 0 Å². The zero-order valence-electron chi connectivity index (χ0n) is 13.5. The minimum Gasteiger partial charge on any atom is -0.312 e. The van der Waals surface area contributed by atoms with Gasteiger partial charge in [-0.2, -0.15) is 0 Å². The summed E-state index contributed by atoms with van der Waals surface area (Å²) < 4.78 is 13.9. The van der Waals surface area contributed by atoms with Gasteiger partial charge in [0.1, 0.15) is 5.82 Å². The van der Waals surface area contributed by atoms with Gasteiger partial charge in [-0.3, -0.25) is 0 Å². The minimum atomic E-state index is -0.200. The smallest absolute Gasteiger partial charge is 0.137 e. The van der Waals surface area contributed by atoms with E-state index in [4.69, 9.17) is 0 Å². The van der Waals surface area contributed by atoms with Crippen LogP contribution in [0.15, 0.2) is 22.7 Å². The van der Waals surface area contributed by atoms with Crippen molar-refractivity contribution < 1.29 is 4.39 Å². The molecule has 0 heterocycles. The van der Waals surface area contributed by atoms with E-state index in [2.05, 4.69) is 62.8 Å². The summed E-state index contributed by atoms with van der Waals surface area (Å²) in [5, 5.41) is 3.59. The molecule has 0 saturated carbocycles. The highest BCUT2D eigenvalue weighted by molar-refractivity contribution is 9.10. The number of benzene rings is 1. The van der Waals surface area contributed by atoms with Gasteiger partial charge in [0.15, 0.2) is 0 Å². The summed E-state index contributed by atoms with van der Waals surface area (Å²) in [5.74, 6) is 0.299. The maximum atomic E-state index is 13.3. The molecule has 0 spiro atoms. The maximum Gasteiger partial charge on any atom is 0.137 e. The van der Waals surface area contributed by atoms with Gasteiger partial charge >= 0.3 is 0 Å². The molecule has 0 aliphatic carbocycles. The molecule has 1 aromatic rings. The quantitative estimate of drug-likeness (QED) is 0.793. The third kappa shape index (κ3) is 5.92. The molecule has 1 unspecified atom stereocenters. The molecule has 0 bridgehead atoms. The van der Waals surface area contributed by atoms with Crippen LogP contribution in [-0.2, 0) is 6.42 Å². The van der Waals surface area contributed by atoms with Gasteiger partial charge < -0.3 is 5.32 Å². The van der Waals surface area contributed by atoms with Crippen molar-refractivity contribution in [3.05, 3.63) is 34.1 Å². The summed E-state index contributed by atoms with van der Waals surface area (Å²) in [4.78, 5) is 0. The predicted molar refractivity (Wildman–Crippen MR) is 88.5 cm³/mol. The fourth-order valence-corrected chi connectivity index (χ4v) is 2.49. The molecule has 1 nitrogen and oxygen atoms in total. The Morgan fingerprint density at radius 3 is 2.20 bits per heavy atom. The molecule has 114 valence electrons. The molecule has 1 rings (SSSR count). The Kier molecular flexibility index (Phi) is 5.79. The molecule has 0 aromatic heterocycles. The maximum absolute atomic E-state index is 13.3. The molecule has 1 N–H and O–H groups in total. The normalized spacial score (nSPS) is 14.4. The standard InChI is InChI=1S/C17H27BrFN/c1-16(2,3)13(11-20-17(4,5)6)9-12-7-8-15(19)14(18)10-12/h7-8,10,13,20H,9,11H2,1-6H3. The lowest BCUT2D eigenvalue weighted by molar-refractivity contribution is 0.214. The van der Waals surface area contributed by atoms with Crippen LogP contribution >= 0.6 is 15.9 Å². The van der Waals surface area contributed by atoms with Crippen molar-refractivity contribution in [2.45, 2.75) is 53.5 Å². The molecule has 0 aliphatic heterocycles. The molecular weight excluding hydrogens is 317 g/mol. The first kappa shape index (κ1) is 17.6. The largest absolute Gasteiger partial charge is 0.312 e. The highest BCUT2D eigenvalue weighted by Gasteiger charge is 2.26. The highest BCUT2D eigenvalue weighted by atomic mass is 79.9. The van der Waals surface area contributed by atoms with E-state index in [1.807, 2.05) is 12.1 Å². The molecule has 1 aromatic carbocycles. The van der Waals surface area contributed by atoms with Gasteiger partial charge in [-0.05, 0) is 78.7 Å². The van der Waals surface area contributed by atoms with E-state index < -0.39 is 0 Å². The lowest BCUT2D eigenvalue weighted by Crippen LogP contribution is -2.42. The van der Waals surface area contributed by atoms with Crippen molar-refractivity contribution >= 4 is 15.9 Å². The zero-order chi connectivity index (χ0) is 15.6. The van der Waals surface area contributed by atoms with E-state index in [9.17, 15) is 4.39 Å². The number of hydrogen-bond donors (Lipinski definition) is 1. The Bertz CT molecular complexity index is 443. The second-order valence-electron chi connectivity index (χ2n) is 7.65. The van der Waals surface area contributed by atoms with Gasteiger partial charge in [-0.15, -0.1) is 0 Å². The molecule has 20 heavy (non-hydrogen) atoms. The van der Waals surface area contributed by atoms with Gasteiger partial charge in [0.25, 0.3) is 0 Å². The van der Waals surface area contributed by atoms with Crippen LogP contribution in [0.4, 0.5) is 4.39 Å². The van der Waals surface area contributed by atoms with Gasteiger partial charge in [-0.1, -0.05) is 26.8 Å². The van der Waals surface area contributed by atoms with Crippen LogP contribution in [0.2, 0.25) is 0 Å². The Morgan fingerprint density at radius 2 is 1.75 bits per heavy atom. The predicted octanol–water partition coefficient (Wildman–Crippen LogP) is 5.18. The van der Waals surface area contributed by atoms with Crippen LogP contribution in [0.25, 0.3) is 0 Å². The van der Waals surface area contributed by atoms with Crippen molar-refractivity contribution in [3.8, 4) is 0 Å². The van der Waals surface area contributed by atoms with E-state index in [0.717, 1.165) is 13.0 Å². The summed E-state index contributed by atoms with van der Waals surface area (Å²) in [5.41, 5.74) is 1.50. The lowest BCUT2D eigenvalue weighted by atomic mass is 9.77. The Morgan fingerprint density at radius 1 is 1.15 bits per heavy atom. The molecule has 3 heteroatoms. The summed E-state index contributed by atoms with van der Waals surface area (Å²) in [6, 6.07) is 5.32. The van der Waals surface area contributed by atoms with Crippen LogP contribution < -0.4 is 5.32 Å². The third-order valence-electron chi connectivity index (χ3n) is 3.57. The molecule has 0 radical (unpaired) electrons. The van der Waals surface area contributed by atoms with Gasteiger partial charge in [0, 0.05) is 5.54 Å². The van der Waals surface area contributed by atoms with Crippen LogP contribution in [0.5, 0.6) is 0 Å². The van der Waals surface area contributed by atoms with Crippen LogP contribution in [0.1, 0.15) is 47.1 Å². The molecule has 0 fully saturated rings. The third-order valence-corrected chi connectivity index (χ3v) is 4.18. The Hall–Kier alpha value is -0.410. The van der Waals surface area contributed by atoms with Crippen molar-refractivity contribution in [2.75, 3.05) is 6.54 Å². The number of halogens is 2. The average molecular weight is 344 g/mol. The minimum absolute atomic E-state index is 0.118.